The fourth-order valence-corrected chi connectivity index (χ4v) is 2.76. The minimum Gasteiger partial charge on any atom is -0.392 e. The molecular formula is C18H21NO3. The number of aromatic nitrogens is 1. The Labute approximate surface area is 129 Å². The molecule has 0 aliphatic heterocycles. The molecule has 0 saturated heterocycles. The number of hydrogen-bond acceptors (Lipinski definition) is 3. The van der Waals surface area contributed by atoms with Crippen LogP contribution in [0.5, 0.6) is 0 Å². The number of hydrogen-bond donors (Lipinski definition) is 2. The number of para-hydroxylation sites is 1. The maximum absolute atomic E-state index is 10.6. The third-order valence-electron chi connectivity index (χ3n) is 3.64. The van der Waals surface area contributed by atoms with Crippen molar-refractivity contribution in [1.29, 1.82) is 0 Å². The summed E-state index contributed by atoms with van der Waals surface area (Å²) in [6.07, 6.45) is -1.07. The molecule has 1 atom stereocenters. The summed E-state index contributed by atoms with van der Waals surface area (Å²) in [6.45, 7) is 5.73. The van der Waals surface area contributed by atoms with Crippen LogP contribution in [0.4, 0.5) is 0 Å². The number of fused-ring (bicyclic) bond motifs is 3. The van der Waals surface area contributed by atoms with E-state index in [0.29, 0.717) is 0 Å². The van der Waals surface area contributed by atoms with E-state index in [4.69, 9.17) is 4.74 Å². The van der Waals surface area contributed by atoms with Crippen LogP contribution in [0.25, 0.3) is 21.8 Å². The molecule has 22 heavy (non-hydrogen) atoms. The first kappa shape index (κ1) is 15.0. The summed E-state index contributed by atoms with van der Waals surface area (Å²) in [5, 5.41) is 21.9. The second kappa shape index (κ2) is 5.39. The van der Waals surface area contributed by atoms with Gasteiger partial charge in [-0.1, -0.05) is 24.3 Å². The number of aliphatic hydroxyl groups excluding tert-OH is 2. The predicted octanol–water partition coefficient (Wildman–Crippen LogP) is 3.55. The molecule has 116 valence electrons. The normalized spacial score (nSPS) is 13.9. The zero-order chi connectivity index (χ0) is 15.9. The molecule has 0 aliphatic carbocycles. The van der Waals surface area contributed by atoms with Crippen LogP contribution in [-0.2, 0) is 11.3 Å². The van der Waals surface area contributed by atoms with E-state index < -0.39 is 12.0 Å². The average molecular weight is 299 g/mol. The lowest BCUT2D eigenvalue weighted by Crippen LogP contribution is -2.25. The summed E-state index contributed by atoms with van der Waals surface area (Å²) < 4.78 is 7.51. The van der Waals surface area contributed by atoms with Crippen LogP contribution in [0, 0.1) is 0 Å². The van der Waals surface area contributed by atoms with Crippen molar-refractivity contribution in [3.05, 3.63) is 48.0 Å². The van der Waals surface area contributed by atoms with Crippen LogP contribution in [0.15, 0.2) is 42.5 Å². The van der Waals surface area contributed by atoms with E-state index in [1.165, 1.54) is 0 Å². The number of ether oxygens (including phenoxy) is 1. The monoisotopic (exact) mass is 299 g/mol. The Hall–Kier alpha value is -1.88. The van der Waals surface area contributed by atoms with Gasteiger partial charge in [-0.05, 0) is 44.5 Å². The van der Waals surface area contributed by atoms with Gasteiger partial charge in [0.15, 0.2) is 0 Å². The highest BCUT2D eigenvalue weighted by Gasteiger charge is 2.22. The predicted molar refractivity (Wildman–Crippen MR) is 87.5 cm³/mol. The van der Waals surface area contributed by atoms with Crippen molar-refractivity contribution >= 4 is 21.8 Å². The van der Waals surface area contributed by atoms with Gasteiger partial charge in [0.05, 0.1) is 23.2 Å². The molecule has 1 unspecified atom stereocenters. The van der Waals surface area contributed by atoms with Gasteiger partial charge in [-0.3, -0.25) is 4.57 Å². The molecule has 3 aromatic rings. The Morgan fingerprint density at radius 1 is 1.05 bits per heavy atom. The van der Waals surface area contributed by atoms with Gasteiger partial charge >= 0.3 is 0 Å². The van der Waals surface area contributed by atoms with E-state index in [9.17, 15) is 10.2 Å². The molecule has 0 amide bonds. The summed E-state index contributed by atoms with van der Waals surface area (Å²) in [4.78, 5) is 0. The third-order valence-corrected chi connectivity index (χ3v) is 3.64. The van der Waals surface area contributed by atoms with E-state index >= 15 is 0 Å². The molecule has 0 spiro atoms. The van der Waals surface area contributed by atoms with Crippen LogP contribution < -0.4 is 0 Å². The van der Waals surface area contributed by atoms with Gasteiger partial charge in [-0.15, -0.1) is 0 Å². The molecule has 0 radical (unpaired) electrons. The standard InChI is InChI=1S/C18H21NO3/c1-18(2,3)22-17(21)19-15-7-5-4-6-13(15)14-10-12(11-20)8-9-16(14)19/h4-10,17,20-21H,11H2,1-3H3. The molecule has 2 N–H and O–H groups in total. The van der Waals surface area contributed by atoms with Crippen molar-refractivity contribution in [1.82, 2.24) is 4.57 Å². The minimum absolute atomic E-state index is 0.00348. The lowest BCUT2D eigenvalue weighted by atomic mass is 10.1. The highest BCUT2D eigenvalue weighted by Crippen LogP contribution is 2.33. The van der Waals surface area contributed by atoms with Crippen molar-refractivity contribution in [2.24, 2.45) is 0 Å². The SMILES string of the molecule is CC(C)(C)OC(O)n1c2ccccc2c2cc(CO)ccc21. The second-order valence-corrected chi connectivity index (χ2v) is 6.45. The molecule has 4 nitrogen and oxygen atoms in total. The van der Waals surface area contributed by atoms with Crippen LogP contribution in [0.2, 0.25) is 0 Å². The van der Waals surface area contributed by atoms with Crippen LogP contribution in [0.3, 0.4) is 0 Å². The quantitative estimate of drug-likeness (QED) is 0.727. The van der Waals surface area contributed by atoms with Crippen molar-refractivity contribution in [3.8, 4) is 0 Å². The number of aliphatic hydroxyl groups is 2. The van der Waals surface area contributed by atoms with Crippen LogP contribution >= 0.6 is 0 Å². The molecule has 1 heterocycles. The largest absolute Gasteiger partial charge is 0.392 e. The first-order valence-electron chi connectivity index (χ1n) is 7.39. The van der Waals surface area contributed by atoms with Crippen molar-refractivity contribution < 1.29 is 14.9 Å². The zero-order valence-electron chi connectivity index (χ0n) is 13.1. The highest BCUT2D eigenvalue weighted by atomic mass is 16.6. The van der Waals surface area contributed by atoms with Gasteiger partial charge in [0.25, 0.3) is 0 Å². The molecule has 0 bridgehead atoms. The summed E-state index contributed by atoms with van der Waals surface area (Å²) in [7, 11) is 0. The van der Waals surface area contributed by atoms with Gasteiger partial charge in [-0.2, -0.15) is 0 Å². The zero-order valence-corrected chi connectivity index (χ0v) is 13.1. The Kier molecular flexibility index (Phi) is 3.68. The fourth-order valence-electron chi connectivity index (χ4n) is 2.76. The van der Waals surface area contributed by atoms with Crippen molar-refractivity contribution in [2.75, 3.05) is 0 Å². The topological polar surface area (TPSA) is 54.6 Å². The summed E-state index contributed by atoms with van der Waals surface area (Å²) in [5.41, 5.74) is 2.18. The van der Waals surface area contributed by atoms with Crippen molar-refractivity contribution in [2.45, 2.75) is 39.4 Å². The van der Waals surface area contributed by atoms with Gasteiger partial charge in [0, 0.05) is 10.8 Å². The molecule has 1 aromatic heterocycles. The highest BCUT2D eigenvalue weighted by molar-refractivity contribution is 6.08. The lowest BCUT2D eigenvalue weighted by Gasteiger charge is -2.25. The fraction of sp³-hybridized carbons (Fsp3) is 0.333. The Balaban J connectivity index is 2.27. The van der Waals surface area contributed by atoms with Gasteiger partial charge in [-0.25, -0.2) is 0 Å². The Morgan fingerprint density at radius 2 is 1.73 bits per heavy atom. The first-order chi connectivity index (χ1) is 10.4. The van der Waals surface area contributed by atoms with Gasteiger partial charge < -0.3 is 14.9 Å². The molecule has 2 aromatic carbocycles. The Morgan fingerprint density at radius 3 is 2.41 bits per heavy atom. The lowest BCUT2D eigenvalue weighted by molar-refractivity contribution is -0.205. The molecule has 4 heteroatoms. The second-order valence-electron chi connectivity index (χ2n) is 6.45. The Bertz CT molecular complexity index is 814. The van der Waals surface area contributed by atoms with Crippen LogP contribution in [0.1, 0.15) is 32.7 Å². The summed E-state index contributed by atoms with van der Waals surface area (Å²) in [5.74, 6) is 0. The van der Waals surface area contributed by atoms with E-state index in [1.54, 1.807) is 4.57 Å². The van der Waals surface area contributed by atoms with Crippen LogP contribution in [-0.4, -0.2) is 20.4 Å². The molecule has 0 saturated carbocycles. The summed E-state index contributed by atoms with van der Waals surface area (Å²) >= 11 is 0. The van der Waals surface area contributed by atoms with E-state index in [2.05, 4.69) is 0 Å². The molecule has 0 aliphatic rings. The number of benzene rings is 2. The number of rotatable bonds is 3. The van der Waals surface area contributed by atoms with E-state index in [-0.39, 0.29) is 6.61 Å². The summed E-state index contributed by atoms with van der Waals surface area (Å²) in [6, 6.07) is 13.6. The van der Waals surface area contributed by atoms with Crippen molar-refractivity contribution in [3.63, 3.8) is 0 Å². The number of nitrogens with zero attached hydrogens (tertiary/aromatic N) is 1. The molecule has 3 rings (SSSR count). The first-order valence-corrected chi connectivity index (χ1v) is 7.39. The molecule has 0 fully saturated rings. The minimum atomic E-state index is -1.07. The maximum atomic E-state index is 10.6. The smallest absolute Gasteiger partial charge is 0.242 e. The van der Waals surface area contributed by atoms with Gasteiger partial charge in [0.1, 0.15) is 0 Å². The van der Waals surface area contributed by atoms with Gasteiger partial charge in [0.2, 0.25) is 6.41 Å². The average Bonchev–Trinajstić information content (AvgIpc) is 2.79. The maximum Gasteiger partial charge on any atom is 0.242 e. The molecular weight excluding hydrogens is 278 g/mol. The van der Waals surface area contributed by atoms with E-state index in [1.807, 2.05) is 63.2 Å². The third kappa shape index (κ3) is 2.61. The van der Waals surface area contributed by atoms with E-state index in [0.717, 1.165) is 27.4 Å².